The van der Waals surface area contributed by atoms with Gasteiger partial charge in [-0.25, -0.2) is 0 Å². The first-order valence-electron chi connectivity index (χ1n) is 10.5. The Hall–Kier alpha value is -3.06. The van der Waals surface area contributed by atoms with E-state index >= 15 is 0 Å². The van der Waals surface area contributed by atoms with Crippen LogP contribution in [0.5, 0.6) is 11.5 Å². The number of fused-ring (bicyclic) bond motifs is 1. The van der Waals surface area contributed by atoms with Gasteiger partial charge in [-0.3, -0.25) is 9.59 Å². The molecule has 2 aromatic carbocycles. The molecule has 2 amide bonds. The molecule has 0 bridgehead atoms. The third-order valence-electron chi connectivity index (χ3n) is 5.68. The van der Waals surface area contributed by atoms with Crippen LogP contribution in [0.25, 0.3) is 0 Å². The molecule has 0 saturated carbocycles. The van der Waals surface area contributed by atoms with Crippen LogP contribution in [0.1, 0.15) is 41.2 Å². The van der Waals surface area contributed by atoms with E-state index in [1.54, 1.807) is 31.3 Å². The zero-order valence-electron chi connectivity index (χ0n) is 17.2. The Morgan fingerprint density at radius 2 is 1.90 bits per heavy atom. The van der Waals surface area contributed by atoms with Crippen molar-refractivity contribution in [2.45, 2.75) is 25.3 Å². The largest absolute Gasteiger partial charge is 0.490 e. The molecule has 0 spiro atoms. The summed E-state index contributed by atoms with van der Waals surface area (Å²) in [5.74, 6) is 1.36. The highest BCUT2D eigenvalue weighted by molar-refractivity contribution is 5.97. The highest BCUT2D eigenvalue weighted by atomic mass is 16.5. The van der Waals surface area contributed by atoms with E-state index in [1.165, 1.54) is 10.5 Å². The second-order valence-electron chi connectivity index (χ2n) is 7.74. The maximum atomic E-state index is 12.7. The van der Waals surface area contributed by atoms with Gasteiger partial charge in [-0.2, -0.15) is 0 Å². The Balaban J connectivity index is 1.42. The highest BCUT2D eigenvalue weighted by Crippen LogP contribution is 2.33. The number of ether oxygens (including phenoxy) is 2. The van der Waals surface area contributed by atoms with Gasteiger partial charge >= 0.3 is 0 Å². The maximum Gasteiger partial charge on any atom is 0.279 e. The highest BCUT2D eigenvalue weighted by Gasteiger charge is 2.32. The van der Waals surface area contributed by atoms with Crippen LogP contribution in [0.3, 0.4) is 0 Å². The Morgan fingerprint density at radius 1 is 1.07 bits per heavy atom. The van der Waals surface area contributed by atoms with Crippen molar-refractivity contribution in [2.24, 2.45) is 0 Å². The van der Waals surface area contributed by atoms with Crippen molar-refractivity contribution in [3.05, 3.63) is 53.6 Å². The lowest BCUT2D eigenvalue weighted by Gasteiger charge is -2.22. The van der Waals surface area contributed by atoms with Gasteiger partial charge in [0.1, 0.15) is 6.04 Å². The number of benzene rings is 2. The van der Waals surface area contributed by atoms with E-state index in [-0.39, 0.29) is 17.9 Å². The Morgan fingerprint density at radius 3 is 2.73 bits per heavy atom. The van der Waals surface area contributed by atoms with Gasteiger partial charge in [0, 0.05) is 43.1 Å². The number of nitrogens with one attached hydrogen (secondary N) is 3. The van der Waals surface area contributed by atoms with Crippen molar-refractivity contribution in [1.29, 1.82) is 0 Å². The van der Waals surface area contributed by atoms with E-state index in [1.807, 2.05) is 6.07 Å². The first kappa shape index (κ1) is 20.2. The van der Waals surface area contributed by atoms with Gasteiger partial charge in [-0.1, -0.05) is 6.07 Å². The number of likely N-dealkylation sites (tertiary alicyclic amines) is 1. The van der Waals surface area contributed by atoms with E-state index in [9.17, 15) is 9.59 Å². The summed E-state index contributed by atoms with van der Waals surface area (Å²) in [5, 5.41) is 5.53. The van der Waals surface area contributed by atoms with Crippen LogP contribution in [0.2, 0.25) is 0 Å². The molecule has 7 nitrogen and oxygen atoms in total. The molecule has 1 unspecified atom stereocenters. The average molecular weight is 410 g/mol. The van der Waals surface area contributed by atoms with Crippen LogP contribution in [-0.2, 0) is 4.79 Å². The Labute approximate surface area is 176 Å². The van der Waals surface area contributed by atoms with E-state index in [0.717, 1.165) is 37.3 Å². The summed E-state index contributed by atoms with van der Waals surface area (Å²) in [6.07, 6.45) is 2.99. The molecular weight excluding hydrogens is 382 g/mol. The quantitative estimate of drug-likeness (QED) is 0.699. The second kappa shape index (κ2) is 9.17. The minimum atomic E-state index is -0.175. The van der Waals surface area contributed by atoms with Gasteiger partial charge in [0.05, 0.1) is 19.8 Å². The normalized spacial score (nSPS) is 20.3. The number of hydrogen-bond acceptors (Lipinski definition) is 4. The van der Waals surface area contributed by atoms with Crippen molar-refractivity contribution in [3.63, 3.8) is 0 Å². The smallest absolute Gasteiger partial charge is 0.279 e. The molecular formula is C23H28N3O4+. The maximum absolute atomic E-state index is 12.7. The van der Waals surface area contributed by atoms with Crippen LogP contribution in [0.4, 0.5) is 5.69 Å². The second-order valence-corrected chi connectivity index (χ2v) is 7.74. The molecule has 2 aromatic rings. The summed E-state index contributed by atoms with van der Waals surface area (Å²) in [5.41, 5.74) is 2.34. The molecule has 4 rings (SSSR count). The molecule has 7 heteroatoms. The summed E-state index contributed by atoms with van der Waals surface area (Å²) in [6, 6.07) is 13.4. The molecule has 3 N–H and O–H groups in total. The monoisotopic (exact) mass is 410 g/mol. The number of quaternary nitrogens is 1. The van der Waals surface area contributed by atoms with Crippen molar-refractivity contribution >= 4 is 17.5 Å². The summed E-state index contributed by atoms with van der Waals surface area (Å²) in [7, 11) is 1.59. The number of carbonyl (C=O) groups is 2. The fourth-order valence-corrected chi connectivity index (χ4v) is 4.22. The molecule has 0 aromatic heterocycles. The minimum Gasteiger partial charge on any atom is -0.490 e. The summed E-state index contributed by atoms with van der Waals surface area (Å²) >= 11 is 0. The predicted molar refractivity (Wildman–Crippen MR) is 113 cm³/mol. The van der Waals surface area contributed by atoms with E-state index in [4.69, 9.17) is 9.47 Å². The molecule has 0 radical (unpaired) electrons. The number of hydrogen-bond donors (Lipinski definition) is 3. The predicted octanol–water partition coefficient (Wildman–Crippen LogP) is 1.57. The third kappa shape index (κ3) is 4.57. The van der Waals surface area contributed by atoms with E-state index < -0.39 is 0 Å². The molecule has 158 valence electrons. The first-order valence-corrected chi connectivity index (χ1v) is 10.5. The number of amides is 2. The molecule has 1 saturated heterocycles. The van der Waals surface area contributed by atoms with Gasteiger partial charge in [0.15, 0.2) is 18.0 Å². The molecule has 2 aliphatic rings. The van der Waals surface area contributed by atoms with Crippen molar-refractivity contribution in [1.82, 2.24) is 5.32 Å². The van der Waals surface area contributed by atoms with Crippen LogP contribution < -0.4 is 25.0 Å². The third-order valence-corrected chi connectivity index (χ3v) is 5.68. The van der Waals surface area contributed by atoms with Crippen molar-refractivity contribution in [3.8, 4) is 11.5 Å². The molecule has 2 heterocycles. The number of anilines is 1. The molecule has 2 aliphatic heterocycles. The van der Waals surface area contributed by atoms with Crippen LogP contribution in [0.15, 0.2) is 42.5 Å². The summed E-state index contributed by atoms with van der Waals surface area (Å²) in [6.45, 7) is 2.66. The first-order chi connectivity index (χ1) is 14.6. The standard InChI is InChI=1S/C23H27N3O4/c1-24-23(28)17-5-2-6-18(13-17)25-22(27)15-26-10-3-7-19(26)16-8-9-20-21(14-16)30-12-4-11-29-20/h2,5-6,8-9,13-14,19H,3-4,7,10-12,15H2,1H3,(H,24,28)(H,25,27)/p+1/t19-/m1/s1. The van der Waals surface area contributed by atoms with Crippen molar-refractivity contribution in [2.75, 3.05) is 38.7 Å². The SMILES string of the molecule is CNC(=O)c1cccc(NC(=O)C[NH+]2CCC[C@@H]2c2ccc3c(c2)OCCCO3)c1. The van der Waals surface area contributed by atoms with E-state index in [2.05, 4.69) is 22.8 Å². The van der Waals surface area contributed by atoms with Gasteiger partial charge in [-0.15, -0.1) is 0 Å². The van der Waals surface area contributed by atoms with Gasteiger partial charge in [-0.05, 0) is 36.4 Å². The zero-order valence-corrected chi connectivity index (χ0v) is 17.2. The molecule has 2 atom stereocenters. The Bertz CT molecular complexity index is 930. The van der Waals surface area contributed by atoms with Crippen LogP contribution in [0, 0.1) is 0 Å². The molecule has 1 fully saturated rings. The molecule has 30 heavy (non-hydrogen) atoms. The van der Waals surface area contributed by atoms with E-state index in [0.29, 0.717) is 31.0 Å². The summed E-state index contributed by atoms with van der Waals surface area (Å²) < 4.78 is 11.6. The van der Waals surface area contributed by atoms with Crippen LogP contribution in [-0.4, -0.2) is 45.2 Å². The number of rotatable bonds is 5. The van der Waals surface area contributed by atoms with Gasteiger partial charge in [0.25, 0.3) is 11.8 Å². The number of carbonyl (C=O) groups excluding carboxylic acids is 2. The van der Waals surface area contributed by atoms with Crippen molar-refractivity contribution < 1.29 is 24.0 Å². The lowest BCUT2D eigenvalue weighted by molar-refractivity contribution is -0.910. The van der Waals surface area contributed by atoms with Gasteiger partial charge < -0.3 is 25.0 Å². The minimum absolute atomic E-state index is 0.0553. The summed E-state index contributed by atoms with van der Waals surface area (Å²) in [4.78, 5) is 25.7. The lowest BCUT2D eigenvalue weighted by Crippen LogP contribution is -3.11. The average Bonchev–Trinajstić information content (AvgIpc) is 3.08. The Kier molecular flexibility index (Phi) is 6.18. The molecule has 0 aliphatic carbocycles. The topological polar surface area (TPSA) is 81.1 Å². The fourth-order valence-electron chi connectivity index (χ4n) is 4.22. The lowest BCUT2D eigenvalue weighted by atomic mass is 10.0. The van der Waals surface area contributed by atoms with Crippen LogP contribution >= 0.6 is 0 Å². The fraction of sp³-hybridized carbons (Fsp3) is 0.391. The van der Waals surface area contributed by atoms with Gasteiger partial charge in [0.2, 0.25) is 0 Å². The zero-order chi connectivity index (χ0) is 20.9.